The summed E-state index contributed by atoms with van der Waals surface area (Å²) in [5.41, 5.74) is 5.54. The molecule has 0 aromatic heterocycles. The van der Waals surface area contributed by atoms with Crippen LogP contribution in [0.15, 0.2) is 23.1 Å². The third-order valence-electron chi connectivity index (χ3n) is 3.01. The van der Waals surface area contributed by atoms with Crippen LogP contribution in [-0.4, -0.2) is 27.2 Å². The van der Waals surface area contributed by atoms with Crippen molar-refractivity contribution in [1.82, 2.24) is 4.72 Å². The lowest BCUT2D eigenvalue weighted by Gasteiger charge is -2.27. The molecule has 1 aromatic carbocycles. The van der Waals surface area contributed by atoms with E-state index in [1.54, 1.807) is 0 Å². The Morgan fingerprint density at radius 2 is 2.16 bits per heavy atom. The molecule has 1 fully saturated rings. The second-order valence-electron chi connectivity index (χ2n) is 4.74. The summed E-state index contributed by atoms with van der Waals surface area (Å²) in [5.74, 6) is -0.666. The minimum atomic E-state index is -3.75. The molecular formula is C12H17FN2O3S. The summed E-state index contributed by atoms with van der Waals surface area (Å²) < 4.78 is 45.4. The molecule has 0 spiro atoms. The van der Waals surface area contributed by atoms with Gasteiger partial charge in [-0.05, 0) is 38.0 Å². The zero-order valence-corrected chi connectivity index (χ0v) is 11.4. The number of halogens is 1. The van der Waals surface area contributed by atoms with Crippen LogP contribution in [-0.2, 0) is 14.8 Å². The van der Waals surface area contributed by atoms with Gasteiger partial charge in [-0.3, -0.25) is 0 Å². The predicted octanol–water partition coefficient (Wildman–Crippen LogP) is 1.25. The molecule has 0 bridgehead atoms. The minimum absolute atomic E-state index is 0.0130. The number of ether oxygens (including phenoxy) is 1. The first-order chi connectivity index (χ1) is 8.87. The number of sulfonamides is 1. The number of hydrogen-bond acceptors (Lipinski definition) is 4. The lowest BCUT2D eigenvalue weighted by molar-refractivity contribution is 0.0173. The van der Waals surface area contributed by atoms with Crippen molar-refractivity contribution in [2.75, 3.05) is 12.3 Å². The summed E-state index contributed by atoms with van der Waals surface area (Å²) in [4.78, 5) is -0.149. The minimum Gasteiger partial charge on any atom is -0.399 e. The highest BCUT2D eigenvalue weighted by Crippen LogP contribution is 2.19. The van der Waals surface area contributed by atoms with Gasteiger partial charge in [-0.2, -0.15) is 0 Å². The molecule has 1 aromatic rings. The van der Waals surface area contributed by atoms with E-state index in [0.717, 1.165) is 12.1 Å². The Bertz CT molecular complexity index is 542. The van der Waals surface area contributed by atoms with Crippen LogP contribution in [0.2, 0.25) is 0 Å². The summed E-state index contributed by atoms with van der Waals surface area (Å²) in [7, 11) is -3.75. The Hall–Kier alpha value is -1.18. The van der Waals surface area contributed by atoms with E-state index >= 15 is 0 Å². The molecule has 0 radical (unpaired) electrons. The molecule has 1 heterocycles. The van der Waals surface area contributed by atoms with Crippen LogP contribution in [0.4, 0.5) is 10.1 Å². The van der Waals surface area contributed by atoms with Crippen LogP contribution >= 0.6 is 0 Å². The summed E-state index contributed by atoms with van der Waals surface area (Å²) in [5, 5.41) is 0. The molecular weight excluding hydrogens is 271 g/mol. The second-order valence-corrected chi connectivity index (χ2v) is 6.46. The van der Waals surface area contributed by atoms with Crippen LogP contribution in [0, 0.1) is 5.82 Å². The van der Waals surface area contributed by atoms with E-state index in [9.17, 15) is 12.8 Å². The van der Waals surface area contributed by atoms with Crippen molar-refractivity contribution in [3.05, 3.63) is 24.0 Å². The number of rotatable bonds is 3. The SMILES string of the molecule is CC1CC(NS(=O)(=O)c2cc(N)cc(F)c2)CCO1. The maximum absolute atomic E-state index is 13.2. The average molecular weight is 288 g/mol. The van der Waals surface area contributed by atoms with Crippen molar-refractivity contribution >= 4 is 15.7 Å². The number of nitrogens with one attached hydrogen (secondary N) is 1. The van der Waals surface area contributed by atoms with Crippen LogP contribution < -0.4 is 10.5 Å². The van der Waals surface area contributed by atoms with E-state index in [1.807, 2.05) is 6.92 Å². The molecule has 19 heavy (non-hydrogen) atoms. The highest BCUT2D eigenvalue weighted by Gasteiger charge is 2.25. The molecule has 0 aliphatic carbocycles. The molecule has 1 aliphatic rings. The molecule has 2 rings (SSSR count). The number of nitrogen functional groups attached to an aromatic ring is 1. The Morgan fingerprint density at radius 1 is 1.42 bits per heavy atom. The highest BCUT2D eigenvalue weighted by atomic mass is 32.2. The Balaban J connectivity index is 2.17. The lowest BCUT2D eigenvalue weighted by atomic mass is 10.1. The summed E-state index contributed by atoms with van der Waals surface area (Å²) in [6.07, 6.45) is 1.22. The van der Waals surface area contributed by atoms with Gasteiger partial charge in [0.2, 0.25) is 10.0 Å². The van der Waals surface area contributed by atoms with Crippen molar-refractivity contribution in [2.24, 2.45) is 0 Å². The van der Waals surface area contributed by atoms with E-state index in [4.69, 9.17) is 10.5 Å². The Kier molecular flexibility index (Phi) is 4.07. The maximum atomic E-state index is 13.2. The van der Waals surface area contributed by atoms with E-state index in [2.05, 4.69) is 4.72 Å². The van der Waals surface area contributed by atoms with E-state index in [1.165, 1.54) is 6.07 Å². The average Bonchev–Trinajstić information content (AvgIpc) is 2.26. The van der Waals surface area contributed by atoms with Crippen LogP contribution in [0.5, 0.6) is 0 Å². The molecule has 0 amide bonds. The molecule has 2 unspecified atom stereocenters. The normalized spacial score (nSPS) is 24.3. The number of hydrogen-bond donors (Lipinski definition) is 2. The van der Waals surface area contributed by atoms with Gasteiger partial charge in [0.05, 0.1) is 11.0 Å². The maximum Gasteiger partial charge on any atom is 0.241 e. The molecule has 0 saturated carbocycles. The topological polar surface area (TPSA) is 81.4 Å². The van der Waals surface area contributed by atoms with Crippen LogP contribution in [0.1, 0.15) is 19.8 Å². The first-order valence-corrected chi connectivity index (χ1v) is 7.55. The van der Waals surface area contributed by atoms with Crippen molar-refractivity contribution in [1.29, 1.82) is 0 Å². The van der Waals surface area contributed by atoms with Gasteiger partial charge in [0.15, 0.2) is 0 Å². The van der Waals surface area contributed by atoms with E-state index in [-0.39, 0.29) is 22.7 Å². The van der Waals surface area contributed by atoms with Gasteiger partial charge in [-0.15, -0.1) is 0 Å². The van der Waals surface area contributed by atoms with Crippen molar-refractivity contribution in [3.63, 3.8) is 0 Å². The van der Waals surface area contributed by atoms with Crippen LogP contribution in [0.25, 0.3) is 0 Å². The highest BCUT2D eigenvalue weighted by molar-refractivity contribution is 7.89. The standard InChI is InChI=1S/C12H17FN2O3S/c1-8-4-11(2-3-18-8)15-19(16,17)12-6-9(13)5-10(14)7-12/h5-8,11,15H,2-4,14H2,1H3. The zero-order chi connectivity index (χ0) is 14.0. The van der Waals surface area contributed by atoms with Gasteiger partial charge in [0.25, 0.3) is 0 Å². The predicted molar refractivity (Wildman–Crippen MR) is 69.6 cm³/mol. The fourth-order valence-corrected chi connectivity index (χ4v) is 3.48. The molecule has 7 heteroatoms. The molecule has 1 aliphatic heterocycles. The number of nitrogens with two attached hydrogens (primary N) is 1. The first kappa shape index (κ1) is 14.2. The van der Waals surface area contributed by atoms with Gasteiger partial charge in [-0.1, -0.05) is 0 Å². The van der Waals surface area contributed by atoms with Gasteiger partial charge in [0.1, 0.15) is 5.82 Å². The third kappa shape index (κ3) is 3.65. The largest absolute Gasteiger partial charge is 0.399 e. The van der Waals surface area contributed by atoms with Gasteiger partial charge in [-0.25, -0.2) is 17.5 Å². The molecule has 3 N–H and O–H groups in total. The number of benzene rings is 1. The summed E-state index contributed by atoms with van der Waals surface area (Å²) in [6, 6.07) is 3.09. The van der Waals surface area contributed by atoms with Gasteiger partial charge >= 0.3 is 0 Å². The fraction of sp³-hybridized carbons (Fsp3) is 0.500. The molecule has 1 saturated heterocycles. The lowest BCUT2D eigenvalue weighted by Crippen LogP contribution is -2.41. The summed E-state index contributed by atoms with van der Waals surface area (Å²) in [6.45, 7) is 2.40. The van der Waals surface area contributed by atoms with Gasteiger partial charge < -0.3 is 10.5 Å². The third-order valence-corrected chi connectivity index (χ3v) is 4.51. The second kappa shape index (κ2) is 5.44. The summed E-state index contributed by atoms with van der Waals surface area (Å²) >= 11 is 0. The smallest absolute Gasteiger partial charge is 0.241 e. The van der Waals surface area contributed by atoms with Crippen molar-refractivity contribution in [3.8, 4) is 0 Å². The number of anilines is 1. The zero-order valence-electron chi connectivity index (χ0n) is 10.6. The molecule has 2 atom stereocenters. The van der Waals surface area contributed by atoms with E-state index in [0.29, 0.717) is 19.4 Å². The van der Waals surface area contributed by atoms with Crippen molar-refractivity contribution < 1.29 is 17.5 Å². The van der Waals surface area contributed by atoms with Crippen LogP contribution in [0.3, 0.4) is 0 Å². The van der Waals surface area contributed by atoms with Crippen molar-refractivity contribution in [2.45, 2.75) is 36.8 Å². The fourth-order valence-electron chi connectivity index (χ4n) is 2.13. The first-order valence-electron chi connectivity index (χ1n) is 6.07. The Labute approximate surface area is 112 Å². The monoisotopic (exact) mass is 288 g/mol. The Morgan fingerprint density at radius 3 is 2.79 bits per heavy atom. The quantitative estimate of drug-likeness (QED) is 0.820. The van der Waals surface area contributed by atoms with E-state index < -0.39 is 15.8 Å². The molecule has 5 nitrogen and oxygen atoms in total. The van der Waals surface area contributed by atoms with Gasteiger partial charge in [0, 0.05) is 18.3 Å². The molecule has 106 valence electrons.